The predicted molar refractivity (Wildman–Crippen MR) is 66.4 cm³/mol. The maximum Gasteiger partial charge on any atom is 0.0659 e. The van der Waals surface area contributed by atoms with E-state index in [1.807, 2.05) is 0 Å². The van der Waals surface area contributed by atoms with Crippen LogP contribution in [0.1, 0.15) is 39.0 Å². The summed E-state index contributed by atoms with van der Waals surface area (Å²) in [5, 5.41) is 0. The molecular weight excluding hydrogens is 200 g/mol. The molecule has 3 nitrogen and oxygen atoms in total. The van der Waals surface area contributed by atoms with Gasteiger partial charge in [0.05, 0.1) is 12.1 Å². The number of hydrogen-bond donors (Lipinski definition) is 1. The summed E-state index contributed by atoms with van der Waals surface area (Å²) in [6, 6.07) is 0. The molecule has 0 aromatic heterocycles. The van der Waals surface area contributed by atoms with Gasteiger partial charge in [-0.15, -0.1) is 0 Å². The summed E-state index contributed by atoms with van der Waals surface area (Å²) >= 11 is 0. The highest BCUT2D eigenvalue weighted by Crippen LogP contribution is 2.24. The van der Waals surface area contributed by atoms with Crippen LogP contribution in [-0.2, 0) is 4.74 Å². The molecule has 2 fully saturated rings. The van der Waals surface area contributed by atoms with Crippen LogP contribution in [0.3, 0.4) is 0 Å². The van der Waals surface area contributed by atoms with Crippen LogP contribution in [0.25, 0.3) is 0 Å². The number of hydrogen-bond acceptors (Lipinski definition) is 3. The van der Waals surface area contributed by atoms with E-state index in [4.69, 9.17) is 10.5 Å². The molecule has 2 saturated heterocycles. The van der Waals surface area contributed by atoms with Crippen LogP contribution in [-0.4, -0.2) is 43.3 Å². The van der Waals surface area contributed by atoms with Gasteiger partial charge in [0.15, 0.2) is 0 Å². The SMILES string of the molecule is CCCC1CCN(CC2(N)CCOC2)CC1. The Kier molecular flexibility index (Phi) is 4.22. The summed E-state index contributed by atoms with van der Waals surface area (Å²) in [5.74, 6) is 0.967. The largest absolute Gasteiger partial charge is 0.379 e. The van der Waals surface area contributed by atoms with Crippen molar-refractivity contribution in [2.75, 3.05) is 32.8 Å². The molecule has 0 bridgehead atoms. The van der Waals surface area contributed by atoms with E-state index < -0.39 is 0 Å². The van der Waals surface area contributed by atoms with E-state index in [1.165, 1.54) is 38.8 Å². The van der Waals surface area contributed by atoms with Crippen molar-refractivity contribution in [1.29, 1.82) is 0 Å². The Morgan fingerprint density at radius 2 is 2.12 bits per heavy atom. The first-order valence-corrected chi connectivity index (χ1v) is 6.81. The van der Waals surface area contributed by atoms with E-state index in [0.717, 1.165) is 32.1 Å². The highest BCUT2D eigenvalue weighted by molar-refractivity contribution is 4.92. The average Bonchev–Trinajstić information content (AvgIpc) is 2.68. The zero-order chi connectivity index (χ0) is 11.4. The van der Waals surface area contributed by atoms with E-state index in [-0.39, 0.29) is 5.54 Å². The lowest BCUT2D eigenvalue weighted by Gasteiger charge is -2.36. The second kappa shape index (κ2) is 5.48. The van der Waals surface area contributed by atoms with Gasteiger partial charge in [0.1, 0.15) is 0 Å². The first-order valence-electron chi connectivity index (χ1n) is 6.81. The van der Waals surface area contributed by atoms with Crippen LogP contribution < -0.4 is 5.73 Å². The lowest BCUT2D eigenvalue weighted by Crippen LogP contribution is -2.52. The molecule has 2 rings (SSSR count). The molecule has 16 heavy (non-hydrogen) atoms. The van der Waals surface area contributed by atoms with Gasteiger partial charge in [-0.1, -0.05) is 19.8 Å². The van der Waals surface area contributed by atoms with E-state index in [1.54, 1.807) is 0 Å². The highest BCUT2D eigenvalue weighted by Gasteiger charge is 2.33. The topological polar surface area (TPSA) is 38.5 Å². The van der Waals surface area contributed by atoms with Gasteiger partial charge in [0.2, 0.25) is 0 Å². The minimum atomic E-state index is -0.0579. The van der Waals surface area contributed by atoms with Crippen molar-refractivity contribution < 1.29 is 4.74 Å². The van der Waals surface area contributed by atoms with Crippen molar-refractivity contribution in [3.63, 3.8) is 0 Å². The maximum atomic E-state index is 6.32. The molecule has 0 aromatic rings. The van der Waals surface area contributed by atoms with Crippen LogP contribution in [0.4, 0.5) is 0 Å². The Morgan fingerprint density at radius 3 is 2.69 bits per heavy atom. The van der Waals surface area contributed by atoms with Gasteiger partial charge in [0.25, 0.3) is 0 Å². The molecular formula is C13H26N2O. The molecule has 1 unspecified atom stereocenters. The van der Waals surface area contributed by atoms with Gasteiger partial charge in [-0.3, -0.25) is 0 Å². The number of piperidine rings is 1. The van der Waals surface area contributed by atoms with Gasteiger partial charge in [-0.05, 0) is 38.3 Å². The van der Waals surface area contributed by atoms with Gasteiger partial charge in [0, 0.05) is 13.2 Å². The maximum absolute atomic E-state index is 6.32. The molecule has 0 aromatic carbocycles. The van der Waals surface area contributed by atoms with Crippen molar-refractivity contribution in [3.05, 3.63) is 0 Å². The first kappa shape index (κ1) is 12.3. The molecule has 2 aliphatic heterocycles. The Bertz CT molecular complexity index is 206. The summed E-state index contributed by atoms with van der Waals surface area (Å²) in [7, 11) is 0. The number of nitrogens with zero attached hydrogens (tertiary/aromatic N) is 1. The minimum Gasteiger partial charge on any atom is -0.379 e. The number of likely N-dealkylation sites (tertiary alicyclic amines) is 1. The van der Waals surface area contributed by atoms with Crippen molar-refractivity contribution in [2.45, 2.75) is 44.6 Å². The Morgan fingerprint density at radius 1 is 1.38 bits per heavy atom. The van der Waals surface area contributed by atoms with E-state index in [9.17, 15) is 0 Å². The Hall–Kier alpha value is -0.120. The van der Waals surface area contributed by atoms with Crippen molar-refractivity contribution in [2.24, 2.45) is 11.7 Å². The van der Waals surface area contributed by atoms with Crippen LogP contribution in [0, 0.1) is 5.92 Å². The van der Waals surface area contributed by atoms with E-state index in [0.29, 0.717) is 0 Å². The molecule has 0 aliphatic carbocycles. The molecule has 0 saturated carbocycles. The van der Waals surface area contributed by atoms with Crippen molar-refractivity contribution in [1.82, 2.24) is 4.90 Å². The van der Waals surface area contributed by atoms with Crippen molar-refractivity contribution in [3.8, 4) is 0 Å². The third-order valence-electron chi connectivity index (χ3n) is 4.08. The molecule has 94 valence electrons. The van der Waals surface area contributed by atoms with Crippen molar-refractivity contribution >= 4 is 0 Å². The summed E-state index contributed by atoms with van der Waals surface area (Å²) < 4.78 is 5.41. The Labute approximate surface area is 99.3 Å². The van der Waals surface area contributed by atoms with Crippen LogP contribution >= 0.6 is 0 Å². The summed E-state index contributed by atoms with van der Waals surface area (Å²) in [6.07, 6.45) is 6.50. The zero-order valence-electron chi connectivity index (χ0n) is 10.6. The standard InChI is InChI=1S/C13H26N2O/c1-2-3-12-4-7-15(8-5-12)10-13(14)6-9-16-11-13/h12H,2-11,14H2,1H3. The molecule has 2 N–H and O–H groups in total. The minimum absolute atomic E-state index is 0.0579. The zero-order valence-corrected chi connectivity index (χ0v) is 10.6. The average molecular weight is 226 g/mol. The van der Waals surface area contributed by atoms with E-state index in [2.05, 4.69) is 11.8 Å². The van der Waals surface area contributed by atoms with Gasteiger partial charge >= 0.3 is 0 Å². The molecule has 2 heterocycles. The normalized spacial score (nSPS) is 33.4. The number of rotatable bonds is 4. The molecule has 0 spiro atoms. The quantitative estimate of drug-likeness (QED) is 0.791. The third-order valence-corrected chi connectivity index (χ3v) is 4.08. The second-order valence-electron chi connectivity index (χ2n) is 5.67. The van der Waals surface area contributed by atoms with Crippen LogP contribution in [0.2, 0.25) is 0 Å². The van der Waals surface area contributed by atoms with Crippen LogP contribution in [0.15, 0.2) is 0 Å². The number of nitrogens with two attached hydrogens (primary N) is 1. The summed E-state index contributed by atoms with van der Waals surface area (Å²) in [5.41, 5.74) is 6.26. The van der Waals surface area contributed by atoms with Gasteiger partial charge < -0.3 is 15.4 Å². The highest BCUT2D eigenvalue weighted by atomic mass is 16.5. The fourth-order valence-corrected chi connectivity index (χ4v) is 3.03. The predicted octanol–water partition coefficient (Wildman–Crippen LogP) is 1.62. The molecule has 0 amide bonds. The molecule has 0 radical (unpaired) electrons. The van der Waals surface area contributed by atoms with Gasteiger partial charge in [-0.25, -0.2) is 0 Å². The van der Waals surface area contributed by atoms with Gasteiger partial charge in [-0.2, -0.15) is 0 Å². The van der Waals surface area contributed by atoms with Crippen LogP contribution in [0.5, 0.6) is 0 Å². The first-order chi connectivity index (χ1) is 7.72. The lowest BCUT2D eigenvalue weighted by molar-refractivity contribution is 0.125. The fourth-order valence-electron chi connectivity index (χ4n) is 3.03. The second-order valence-corrected chi connectivity index (χ2v) is 5.67. The lowest BCUT2D eigenvalue weighted by atomic mass is 9.91. The van der Waals surface area contributed by atoms with E-state index >= 15 is 0 Å². The fraction of sp³-hybridized carbons (Fsp3) is 1.00. The molecule has 2 aliphatic rings. The summed E-state index contributed by atoms with van der Waals surface area (Å²) in [6.45, 7) is 7.40. The number of ether oxygens (including phenoxy) is 1. The Balaban J connectivity index is 1.72. The molecule has 1 atom stereocenters. The smallest absolute Gasteiger partial charge is 0.0659 e. The molecule has 3 heteroatoms. The summed E-state index contributed by atoms with van der Waals surface area (Å²) in [4.78, 5) is 2.54. The monoisotopic (exact) mass is 226 g/mol. The third kappa shape index (κ3) is 3.19.